The molecule has 3 aliphatic heterocycles. The Kier molecular flexibility index (Phi) is 4.89. The molecule has 3 heterocycles. The van der Waals surface area contributed by atoms with Gasteiger partial charge < -0.3 is 19.8 Å². The summed E-state index contributed by atoms with van der Waals surface area (Å²) in [6.45, 7) is 5.41. The number of allylic oxidation sites excluding steroid dienone is 1. The van der Waals surface area contributed by atoms with Crippen LogP contribution in [0, 0.1) is 0 Å². The molecule has 0 aromatic heterocycles. The molecule has 0 saturated carbocycles. The van der Waals surface area contributed by atoms with Crippen molar-refractivity contribution in [2.75, 3.05) is 39.3 Å². The number of phenols is 1. The lowest BCUT2D eigenvalue weighted by atomic mass is 10.0. The fraction of sp³-hybridized carbons (Fsp3) is 0.333. The summed E-state index contributed by atoms with van der Waals surface area (Å²) in [5.74, 6) is 0.370. The normalized spacial score (nSPS) is 20.5. The van der Waals surface area contributed by atoms with Gasteiger partial charge in [0.05, 0.1) is 5.70 Å². The molecule has 0 atom stereocenters. The summed E-state index contributed by atoms with van der Waals surface area (Å²) in [6, 6.07) is 8.71. The Bertz CT molecular complexity index is 748. The molecule has 5 rings (SSSR count). The van der Waals surface area contributed by atoms with E-state index in [-0.39, 0.29) is 28.9 Å². The van der Waals surface area contributed by atoms with Gasteiger partial charge in [0.25, 0.3) is 0 Å². The number of hydrogen-bond acceptors (Lipinski definition) is 6. The van der Waals surface area contributed by atoms with E-state index >= 15 is 0 Å². The fourth-order valence-corrected chi connectivity index (χ4v) is 2.70. The van der Waals surface area contributed by atoms with Crippen LogP contribution in [0.3, 0.4) is 0 Å². The summed E-state index contributed by atoms with van der Waals surface area (Å²) in [4.78, 5) is 30.5. The van der Waals surface area contributed by atoms with Gasteiger partial charge in [-0.25, -0.2) is 0 Å². The molecule has 7 heteroatoms. The molecule has 6 nitrogen and oxygen atoms in total. The minimum absolute atomic E-state index is 0. The zero-order valence-corrected chi connectivity index (χ0v) is 13.3. The third-order valence-corrected chi connectivity index (χ3v) is 4.24. The van der Waals surface area contributed by atoms with Crippen molar-refractivity contribution in [3.8, 4) is 5.75 Å². The number of ketones is 2. The second kappa shape index (κ2) is 6.95. The van der Waals surface area contributed by atoms with Gasteiger partial charge in [0.15, 0.2) is 17.4 Å². The first-order chi connectivity index (χ1) is 11.6. The summed E-state index contributed by atoms with van der Waals surface area (Å²) >= 11 is 0. The maximum atomic E-state index is 12.4. The fourth-order valence-electron chi connectivity index (χ4n) is 2.70. The number of hydrogen-bond donors (Lipinski definition) is 1. The van der Waals surface area contributed by atoms with Crippen molar-refractivity contribution in [2.24, 2.45) is 0 Å². The van der Waals surface area contributed by atoms with E-state index in [2.05, 4.69) is 0 Å². The number of carbonyl (C=O) groups is 2. The van der Waals surface area contributed by atoms with Gasteiger partial charge in [-0.1, -0.05) is 18.2 Å². The molecule has 0 radical (unpaired) electrons. The van der Waals surface area contributed by atoms with Crippen molar-refractivity contribution >= 4 is 28.9 Å². The van der Waals surface area contributed by atoms with Crippen molar-refractivity contribution in [3.63, 3.8) is 0 Å². The van der Waals surface area contributed by atoms with Gasteiger partial charge >= 0.3 is 0 Å². The van der Waals surface area contributed by atoms with Gasteiger partial charge in [-0.3, -0.25) is 9.59 Å². The Morgan fingerprint density at radius 2 is 1.28 bits per heavy atom. The number of rotatable bonds is 3. The highest BCUT2D eigenvalue weighted by atomic mass is 27.0. The van der Waals surface area contributed by atoms with Crippen molar-refractivity contribution in [1.82, 2.24) is 14.7 Å². The lowest BCUT2D eigenvalue weighted by Gasteiger charge is -2.21. The average Bonchev–Trinajstić information content (AvgIpc) is 3.41. The van der Waals surface area contributed by atoms with E-state index in [0.717, 1.165) is 39.3 Å². The lowest BCUT2D eigenvalue weighted by Crippen LogP contribution is -2.29. The molecule has 1 N–H and O–H groups in total. The van der Waals surface area contributed by atoms with E-state index < -0.39 is 0 Å². The average molecular weight is 355 g/mol. The van der Waals surface area contributed by atoms with Gasteiger partial charge in [-0.05, 0) is 12.1 Å². The van der Waals surface area contributed by atoms with E-state index in [0.29, 0.717) is 22.8 Å². The summed E-state index contributed by atoms with van der Waals surface area (Å²) < 4.78 is 0. The molecule has 1 aromatic carbocycles. The van der Waals surface area contributed by atoms with E-state index in [9.17, 15) is 9.59 Å². The molecule has 4 aliphatic rings. The summed E-state index contributed by atoms with van der Waals surface area (Å²) in [5.41, 5.74) is 1.89. The smallest absolute Gasteiger partial charge is 0.227 e. The van der Waals surface area contributed by atoms with Crippen LogP contribution in [0.1, 0.15) is 0 Å². The first kappa shape index (κ1) is 17.6. The standard InChI is InChI=1S/C12H13N3O2.C6H6O.Al.3H/c16-9-7-8(13-1-2-13)12(17)11(15-5-6-15)10(9)14-3-4-14;7-6-4-2-1-3-5-6;;;;/h7H,1-6H2;1-5,7H;;;;. The van der Waals surface area contributed by atoms with Crippen LogP contribution in [0.5, 0.6) is 5.75 Å². The minimum Gasteiger partial charge on any atom is -0.508 e. The highest BCUT2D eigenvalue weighted by Gasteiger charge is 2.43. The molecule has 1 aromatic rings. The van der Waals surface area contributed by atoms with Crippen molar-refractivity contribution in [1.29, 1.82) is 0 Å². The number of aromatic hydroxyl groups is 1. The van der Waals surface area contributed by atoms with Crippen LogP contribution in [0.25, 0.3) is 0 Å². The van der Waals surface area contributed by atoms with Gasteiger partial charge in [0.2, 0.25) is 11.6 Å². The highest BCUT2D eigenvalue weighted by molar-refractivity contribution is 6.22. The SMILES string of the molecule is O=C1C=C(N2CC2)C(=O)C(N2CC2)=C1N1CC1.Oc1ccccc1.[AlH3]. The van der Waals surface area contributed by atoms with Crippen LogP contribution in [-0.2, 0) is 9.59 Å². The minimum atomic E-state index is 0. The quantitative estimate of drug-likeness (QED) is 0.443. The van der Waals surface area contributed by atoms with Gasteiger partial charge in [0.1, 0.15) is 17.1 Å². The van der Waals surface area contributed by atoms with Crippen molar-refractivity contribution in [2.45, 2.75) is 0 Å². The molecule has 130 valence electrons. The lowest BCUT2D eigenvalue weighted by molar-refractivity contribution is -0.117. The molecule has 0 unspecified atom stereocenters. The molecule has 0 amide bonds. The Morgan fingerprint density at radius 3 is 1.72 bits per heavy atom. The molecule has 3 saturated heterocycles. The predicted molar refractivity (Wildman–Crippen MR) is 97.9 cm³/mol. The number of benzene rings is 1. The van der Waals surface area contributed by atoms with Gasteiger partial charge in [-0.2, -0.15) is 0 Å². The Labute approximate surface area is 157 Å². The first-order valence-electron chi connectivity index (χ1n) is 8.19. The zero-order valence-electron chi connectivity index (χ0n) is 13.3. The maximum Gasteiger partial charge on any atom is 0.227 e. The Balaban J connectivity index is 0.000000195. The van der Waals surface area contributed by atoms with Crippen LogP contribution in [-0.4, -0.2) is 88.0 Å². The molecule has 1 aliphatic carbocycles. The Hall–Kier alpha value is -2.23. The van der Waals surface area contributed by atoms with E-state index in [1.165, 1.54) is 6.08 Å². The molecular weight excluding hydrogens is 333 g/mol. The molecule has 0 bridgehead atoms. The van der Waals surface area contributed by atoms with Crippen LogP contribution < -0.4 is 0 Å². The second-order valence-corrected chi connectivity index (χ2v) is 6.22. The zero-order chi connectivity index (χ0) is 16.7. The number of Topliss-reactive ketones (excluding diaryl/α,β-unsaturated/α-hetero) is 1. The summed E-state index contributed by atoms with van der Waals surface area (Å²) in [6.07, 6.45) is 1.52. The number of phenolic OH excluding ortho intramolecular Hbond substituents is 1. The number of carbonyl (C=O) groups excluding carboxylic acids is 2. The van der Waals surface area contributed by atoms with Crippen molar-refractivity contribution in [3.05, 3.63) is 53.5 Å². The Morgan fingerprint density at radius 1 is 0.760 bits per heavy atom. The molecule has 25 heavy (non-hydrogen) atoms. The van der Waals surface area contributed by atoms with E-state index in [1.54, 1.807) is 24.3 Å². The molecular formula is C18H22AlN3O3. The second-order valence-electron chi connectivity index (χ2n) is 6.22. The van der Waals surface area contributed by atoms with Gasteiger partial charge in [0, 0.05) is 45.3 Å². The van der Waals surface area contributed by atoms with Crippen LogP contribution in [0.4, 0.5) is 0 Å². The first-order valence-corrected chi connectivity index (χ1v) is 8.19. The van der Waals surface area contributed by atoms with Crippen LogP contribution in [0.2, 0.25) is 0 Å². The summed E-state index contributed by atoms with van der Waals surface area (Å²) in [5, 5.41) is 8.63. The number of para-hydroxylation sites is 1. The van der Waals surface area contributed by atoms with E-state index in [1.807, 2.05) is 20.8 Å². The largest absolute Gasteiger partial charge is 0.508 e. The predicted octanol–water partition coefficient (Wildman–Crippen LogP) is -0.611. The molecule has 3 fully saturated rings. The third kappa shape index (κ3) is 3.89. The van der Waals surface area contributed by atoms with E-state index in [4.69, 9.17) is 5.11 Å². The number of nitrogens with zero attached hydrogens (tertiary/aromatic N) is 3. The van der Waals surface area contributed by atoms with Crippen LogP contribution >= 0.6 is 0 Å². The maximum absolute atomic E-state index is 12.4. The van der Waals surface area contributed by atoms with Crippen LogP contribution in [0.15, 0.2) is 53.5 Å². The van der Waals surface area contributed by atoms with Gasteiger partial charge in [-0.15, -0.1) is 0 Å². The monoisotopic (exact) mass is 355 g/mol. The summed E-state index contributed by atoms with van der Waals surface area (Å²) in [7, 11) is 0. The highest BCUT2D eigenvalue weighted by Crippen LogP contribution is 2.33. The van der Waals surface area contributed by atoms with Crippen molar-refractivity contribution < 1.29 is 14.7 Å². The molecule has 0 spiro atoms. The third-order valence-electron chi connectivity index (χ3n) is 4.24. The topological polar surface area (TPSA) is 63.4 Å².